The number of nitrogens with one attached hydrogen (secondary N) is 1. The summed E-state index contributed by atoms with van der Waals surface area (Å²) in [5.74, 6) is 0.734. The molecule has 0 aliphatic heterocycles. The largest absolute Gasteiger partial charge is 0.493 e. The molecule has 0 fully saturated rings. The average molecular weight is 538 g/mol. The number of ether oxygens (including phenoxy) is 3. The first kappa shape index (κ1) is 28.3. The molecule has 0 saturated heterocycles. The van der Waals surface area contributed by atoms with Crippen molar-refractivity contribution in [2.24, 2.45) is 5.10 Å². The molecule has 0 spiro atoms. The van der Waals surface area contributed by atoms with Crippen molar-refractivity contribution in [1.82, 2.24) is 5.43 Å². The first-order valence-electron chi connectivity index (χ1n) is 11.8. The number of hydrazone groups is 1. The molecule has 1 amide bonds. The summed E-state index contributed by atoms with van der Waals surface area (Å²) in [6.45, 7) is 7.41. The fraction of sp³-hybridized carbons (Fsp3) is 0.214. The van der Waals surface area contributed by atoms with Gasteiger partial charge in [0.1, 0.15) is 18.9 Å². The van der Waals surface area contributed by atoms with Crippen molar-refractivity contribution in [1.29, 1.82) is 0 Å². The van der Waals surface area contributed by atoms with Crippen molar-refractivity contribution in [3.8, 4) is 17.2 Å². The van der Waals surface area contributed by atoms with Crippen LogP contribution in [0.25, 0.3) is 0 Å². The molecule has 10 heteroatoms. The molecule has 3 aromatic rings. The summed E-state index contributed by atoms with van der Waals surface area (Å²) >= 11 is 0. The van der Waals surface area contributed by atoms with E-state index in [1.54, 1.807) is 67.6 Å². The van der Waals surface area contributed by atoms with E-state index >= 15 is 0 Å². The first-order chi connectivity index (χ1) is 18.3. The Hall–Kier alpha value is -4.31. The minimum Gasteiger partial charge on any atom is -0.493 e. The Morgan fingerprint density at radius 2 is 1.76 bits per heavy atom. The Balaban J connectivity index is 1.84. The fourth-order valence-corrected chi connectivity index (χ4v) is 4.89. The molecule has 0 atom stereocenters. The van der Waals surface area contributed by atoms with Crippen LogP contribution >= 0.6 is 0 Å². The predicted octanol–water partition coefficient (Wildman–Crippen LogP) is 4.31. The molecule has 0 unspecified atom stereocenters. The number of sulfonamides is 1. The topological polar surface area (TPSA) is 107 Å². The van der Waals surface area contributed by atoms with E-state index in [9.17, 15) is 13.2 Å². The molecule has 0 aromatic heterocycles. The molecular formula is C28H31N3O6S. The maximum atomic E-state index is 13.6. The zero-order valence-electron chi connectivity index (χ0n) is 21.6. The van der Waals surface area contributed by atoms with Crippen LogP contribution in [0.2, 0.25) is 0 Å². The van der Waals surface area contributed by atoms with Gasteiger partial charge in [-0.25, -0.2) is 13.8 Å². The van der Waals surface area contributed by atoms with Crippen LogP contribution in [-0.4, -0.2) is 47.4 Å². The highest BCUT2D eigenvalue weighted by Gasteiger charge is 2.29. The van der Waals surface area contributed by atoms with E-state index < -0.39 is 22.5 Å². The van der Waals surface area contributed by atoms with Crippen molar-refractivity contribution >= 4 is 27.8 Å². The van der Waals surface area contributed by atoms with E-state index in [1.807, 2.05) is 6.92 Å². The monoisotopic (exact) mass is 537 g/mol. The second-order valence-corrected chi connectivity index (χ2v) is 9.89. The molecular weight excluding hydrogens is 506 g/mol. The molecule has 200 valence electrons. The maximum absolute atomic E-state index is 13.6. The number of anilines is 1. The van der Waals surface area contributed by atoms with E-state index in [0.29, 0.717) is 36.0 Å². The Morgan fingerprint density at radius 3 is 2.45 bits per heavy atom. The van der Waals surface area contributed by atoms with Crippen molar-refractivity contribution in [2.45, 2.75) is 18.7 Å². The minimum atomic E-state index is -4.10. The van der Waals surface area contributed by atoms with Gasteiger partial charge in [0.2, 0.25) is 0 Å². The highest BCUT2D eigenvalue weighted by molar-refractivity contribution is 7.92. The summed E-state index contributed by atoms with van der Waals surface area (Å²) in [6.07, 6.45) is 3.05. The SMILES string of the molecule is C=CCOc1ccc(/C=N\NC(=O)CN(c2ccccc2OCC)S(=O)(=O)c2ccc(C)cc2)cc1OC. The zero-order chi connectivity index (χ0) is 27.5. The Bertz CT molecular complexity index is 1390. The van der Waals surface area contributed by atoms with Crippen LogP contribution in [0, 0.1) is 6.92 Å². The Morgan fingerprint density at radius 1 is 1.03 bits per heavy atom. The molecule has 0 heterocycles. The van der Waals surface area contributed by atoms with E-state index in [1.165, 1.54) is 25.5 Å². The summed E-state index contributed by atoms with van der Waals surface area (Å²) in [5, 5.41) is 3.99. The summed E-state index contributed by atoms with van der Waals surface area (Å²) < 4.78 is 44.8. The lowest BCUT2D eigenvalue weighted by Crippen LogP contribution is -2.39. The van der Waals surface area contributed by atoms with E-state index in [0.717, 1.165) is 9.87 Å². The Labute approximate surface area is 223 Å². The van der Waals surface area contributed by atoms with Gasteiger partial charge in [-0.1, -0.05) is 42.5 Å². The van der Waals surface area contributed by atoms with Gasteiger partial charge in [-0.2, -0.15) is 5.10 Å². The highest BCUT2D eigenvalue weighted by Crippen LogP contribution is 2.32. The molecule has 0 aliphatic rings. The average Bonchev–Trinajstić information content (AvgIpc) is 2.91. The predicted molar refractivity (Wildman–Crippen MR) is 148 cm³/mol. The fourth-order valence-electron chi connectivity index (χ4n) is 3.45. The van der Waals surface area contributed by atoms with Crippen LogP contribution in [0.15, 0.2) is 89.4 Å². The van der Waals surface area contributed by atoms with Gasteiger partial charge in [0.25, 0.3) is 15.9 Å². The van der Waals surface area contributed by atoms with Gasteiger partial charge in [-0.05, 0) is 61.9 Å². The molecule has 38 heavy (non-hydrogen) atoms. The number of carbonyl (C=O) groups is 1. The normalized spacial score (nSPS) is 11.1. The molecule has 0 saturated carbocycles. The van der Waals surface area contributed by atoms with Crippen LogP contribution in [0.1, 0.15) is 18.1 Å². The van der Waals surface area contributed by atoms with Gasteiger partial charge in [0, 0.05) is 0 Å². The van der Waals surface area contributed by atoms with Crippen molar-refractivity contribution in [3.63, 3.8) is 0 Å². The molecule has 3 rings (SSSR count). The summed E-state index contributed by atoms with van der Waals surface area (Å²) in [4.78, 5) is 12.9. The molecule has 0 aliphatic carbocycles. The van der Waals surface area contributed by atoms with Crippen LogP contribution in [0.5, 0.6) is 17.2 Å². The number of carbonyl (C=O) groups excluding carboxylic acids is 1. The van der Waals surface area contributed by atoms with Crippen molar-refractivity contribution < 1.29 is 27.4 Å². The third-order valence-corrected chi connectivity index (χ3v) is 7.05. The number of hydrogen-bond acceptors (Lipinski definition) is 7. The second kappa shape index (κ2) is 13.3. The van der Waals surface area contributed by atoms with Crippen LogP contribution in [0.4, 0.5) is 5.69 Å². The maximum Gasteiger partial charge on any atom is 0.264 e. The number of hydrogen-bond donors (Lipinski definition) is 1. The summed E-state index contributed by atoms with van der Waals surface area (Å²) in [7, 11) is -2.59. The third kappa shape index (κ3) is 7.13. The van der Waals surface area contributed by atoms with Gasteiger partial charge in [-0.3, -0.25) is 9.10 Å². The van der Waals surface area contributed by atoms with Gasteiger partial charge in [-0.15, -0.1) is 0 Å². The number of rotatable bonds is 13. The number of para-hydroxylation sites is 2. The van der Waals surface area contributed by atoms with Gasteiger partial charge in [0.15, 0.2) is 11.5 Å². The quantitative estimate of drug-likeness (QED) is 0.198. The third-order valence-electron chi connectivity index (χ3n) is 5.28. The lowest BCUT2D eigenvalue weighted by molar-refractivity contribution is -0.119. The van der Waals surface area contributed by atoms with Gasteiger partial charge in [0.05, 0.1) is 30.5 Å². The van der Waals surface area contributed by atoms with E-state index in [2.05, 4.69) is 17.1 Å². The van der Waals surface area contributed by atoms with Crippen molar-refractivity contribution in [2.75, 3.05) is 31.2 Å². The van der Waals surface area contributed by atoms with E-state index in [4.69, 9.17) is 14.2 Å². The lowest BCUT2D eigenvalue weighted by Gasteiger charge is -2.25. The zero-order valence-corrected chi connectivity index (χ0v) is 22.4. The van der Waals surface area contributed by atoms with Crippen LogP contribution in [0.3, 0.4) is 0 Å². The minimum absolute atomic E-state index is 0.0524. The summed E-state index contributed by atoms with van der Waals surface area (Å²) in [6, 6.07) is 18.2. The number of amides is 1. The van der Waals surface area contributed by atoms with Crippen molar-refractivity contribution in [3.05, 3.63) is 90.5 Å². The standard InChI is InChI=1S/C28H31N3O6S/c1-5-17-37-26-16-13-22(18-27(26)35-4)19-29-30-28(32)20-31(24-9-7-8-10-25(24)36-6-2)38(33,34)23-14-11-21(3)12-15-23/h5,7-16,18-19H,1,6,17,20H2,2-4H3,(H,30,32)/b29-19-. The van der Waals surface area contributed by atoms with Crippen LogP contribution in [-0.2, 0) is 14.8 Å². The Kier molecular flexibility index (Phi) is 9.89. The first-order valence-corrected chi connectivity index (χ1v) is 13.3. The molecule has 1 N–H and O–H groups in total. The van der Waals surface area contributed by atoms with Crippen LogP contribution < -0.4 is 23.9 Å². The van der Waals surface area contributed by atoms with Gasteiger partial charge < -0.3 is 14.2 Å². The second-order valence-electron chi connectivity index (χ2n) is 8.03. The lowest BCUT2D eigenvalue weighted by atomic mass is 10.2. The van der Waals surface area contributed by atoms with E-state index in [-0.39, 0.29) is 10.6 Å². The van der Waals surface area contributed by atoms with Gasteiger partial charge >= 0.3 is 0 Å². The number of nitrogens with zero attached hydrogens (tertiary/aromatic N) is 2. The molecule has 0 radical (unpaired) electrons. The smallest absolute Gasteiger partial charge is 0.264 e. The molecule has 9 nitrogen and oxygen atoms in total. The highest BCUT2D eigenvalue weighted by atomic mass is 32.2. The molecule has 3 aromatic carbocycles. The number of aryl methyl sites for hydroxylation is 1. The number of benzene rings is 3. The number of methoxy groups -OCH3 is 1. The molecule has 0 bridgehead atoms. The summed E-state index contributed by atoms with van der Waals surface area (Å²) in [5.41, 5.74) is 4.19.